The molecule has 2 aliphatic heterocycles. The minimum Gasteiger partial charge on any atom is -0.481 e. The number of amides is 3. The fourth-order valence-electron chi connectivity index (χ4n) is 3.82. The summed E-state index contributed by atoms with van der Waals surface area (Å²) in [5.74, 6) is -4.60. The van der Waals surface area contributed by atoms with E-state index < -0.39 is 48.3 Å². The normalized spacial score (nSPS) is 23.1. The van der Waals surface area contributed by atoms with Crippen LogP contribution in [0.1, 0.15) is 46.0 Å². The number of rotatable bonds is 9. The van der Waals surface area contributed by atoms with Crippen molar-refractivity contribution >= 4 is 29.7 Å². The zero-order chi connectivity index (χ0) is 22.4. The summed E-state index contributed by atoms with van der Waals surface area (Å²) in [7, 11) is 0. The zero-order valence-corrected chi connectivity index (χ0v) is 17.2. The van der Waals surface area contributed by atoms with Crippen molar-refractivity contribution in [3.63, 3.8) is 0 Å². The lowest BCUT2D eigenvalue weighted by molar-refractivity contribution is -0.147. The second-order valence-corrected chi connectivity index (χ2v) is 8.07. The molecule has 11 heteroatoms. The molecule has 2 fully saturated rings. The molecule has 168 valence electrons. The lowest BCUT2D eigenvalue weighted by Crippen LogP contribution is -2.58. The molecule has 11 nitrogen and oxygen atoms in total. The van der Waals surface area contributed by atoms with Crippen LogP contribution in [0.5, 0.6) is 0 Å². The minimum atomic E-state index is -1.61. The fourth-order valence-corrected chi connectivity index (χ4v) is 3.82. The first-order chi connectivity index (χ1) is 14.1. The first kappa shape index (κ1) is 23.6. The van der Waals surface area contributed by atoms with Gasteiger partial charge in [-0.25, -0.2) is 4.79 Å². The molecule has 3 amide bonds. The molecule has 0 aromatic rings. The molecule has 0 saturated carbocycles. The summed E-state index contributed by atoms with van der Waals surface area (Å²) in [6, 6.07) is -3.65. The third-order valence-electron chi connectivity index (χ3n) is 5.44. The molecule has 2 heterocycles. The molecular weight excluding hydrogens is 396 g/mol. The largest absolute Gasteiger partial charge is 0.481 e. The standard InChI is InChI=1S/C19H30N4O7/c1-10(2)15(17(27)21-12(19(29)30)9-14(24)25)22-16(26)13-6-4-8-23(13)18(28)11-5-3-7-20-11/h10-13,15,20H,3-9H2,1-2H3,(H,21,27)(H,22,26)(H,24,25)(H,29,30). The average Bonchev–Trinajstić information content (AvgIpc) is 3.35. The second kappa shape index (κ2) is 10.4. The number of nitrogens with zero attached hydrogens (tertiary/aromatic N) is 1. The van der Waals surface area contributed by atoms with Gasteiger partial charge in [-0.3, -0.25) is 19.2 Å². The maximum absolute atomic E-state index is 12.9. The number of likely N-dealkylation sites (tertiary alicyclic amines) is 1. The predicted octanol–water partition coefficient (Wildman–Crippen LogP) is -1.09. The molecule has 0 radical (unpaired) electrons. The number of aliphatic carboxylic acids is 2. The third kappa shape index (κ3) is 5.91. The predicted molar refractivity (Wildman–Crippen MR) is 104 cm³/mol. The molecule has 0 spiro atoms. The number of carbonyl (C=O) groups is 5. The van der Waals surface area contributed by atoms with Crippen LogP contribution < -0.4 is 16.0 Å². The molecule has 2 saturated heterocycles. The summed E-state index contributed by atoms with van der Waals surface area (Å²) in [5.41, 5.74) is 0. The quantitative estimate of drug-likeness (QED) is 0.310. The van der Waals surface area contributed by atoms with Gasteiger partial charge >= 0.3 is 11.9 Å². The Labute approximate surface area is 174 Å². The molecule has 2 rings (SSSR count). The molecule has 0 bridgehead atoms. The first-order valence-corrected chi connectivity index (χ1v) is 10.2. The average molecular weight is 426 g/mol. The maximum Gasteiger partial charge on any atom is 0.326 e. The van der Waals surface area contributed by atoms with Crippen molar-refractivity contribution in [3.05, 3.63) is 0 Å². The highest BCUT2D eigenvalue weighted by atomic mass is 16.4. The van der Waals surface area contributed by atoms with E-state index in [9.17, 15) is 24.0 Å². The van der Waals surface area contributed by atoms with Gasteiger partial charge in [-0.15, -0.1) is 0 Å². The van der Waals surface area contributed by atoms with Gasteiger partial charge in [0.1, 0.15) is 18.1 Å². The van der Waals surface area contributed by atoms with E-state index in [0.717, 1.165) is 19.4 Å². The number of carboxylic acid groups (broad SMARTS) is 2. The number of carboxylic acids is 2. The van der Waals surface area contributed by atoms with Gasteiger partial charge in [-0.1, -0.05) is 13.8 Å². The van der Waals surface area contributed by atoms with Gasteiger partial charge in [-0.2, -0.15) is 0 Å². The Morgan fingerprint density at radius 1 is 1.07 bits per heavy atom. The summed E-state index contributed by atoms with van der Waals surface area (Å²) in [6.45, 7) is 4.58. The van der Waals surface area contributed by atoms with Gasteiger partial charge in [0.15, 0.2) is 0 Å². The summed E-state index contributed by atoms with van der Waals surface area (Å²) in [6.07, 6.45) is 2.00. The van der Waals surface area contributed by atoms with E-state index >= 15 is 0 Å². The van der Waals surface area contributed by atoms with Crippen LogP contribution >= 0.6 is 0 Å². The monoisotopic (exact) mass is 426 g/mol. The van der Waals surface area contributed by atoms with E-state index in [-0.39, 0.29) is 17.9 Å². The van der Waals surface area contributed by atoms with Crippen LogP contribution in [-0.2, 0) is 24.0 Å². The highest BCUT2D eigenvalue weighted by Crippen LogP contribution is 2.21. The topological polar surface area (TPSA) is 165 Å². The van der Waals surface area contributed by atoms with Crippen LogP contribution in [-0.4, -0.2) is 82.0 Å². The molecule has 2 aliphatic rings. The van der Waals surface area contributed by atoms with E-state index in [1.54, 1.807) is 13.8 Å². The number of hydrogen-bond acceptors (Lipinski definition) is 6. The summed E-state index contributed by atoms with van der Waals surface area (Å²) < 4.78 is 0. The smallest absolute Gasteiger partial charge is 0.326 e. The van der Waals surface area contributed by atoms with Crippen molar-refractivity contribution in [1.82, 2.24) is 20.9 Å². The number of nitrogens with one attached hydrogen (secondary N) is 3. The van der Waals surface area contributed by atoms with Gasteiger partial charge in [0, 0.05) is 6.54 Å². The van der Waals surface area contributed by atoms with Gasteiger partial charge in [0.05, 0.1) is 12.5 Å². The second-order valence-electron chi connectivity index (χ2n) is 8.07. The van der Waals surface area contributed by atoms with Crippen molar-refractivity contribution in [3.8, 4) is 0 Å². The van der Waals surface area contributed by atoms with Gasteiger partial charge in [0.2, 0.25) is 17.7 Å². The summed E-state index contributed by atoms with van der Waals surface area (Å²) >= 11 is 0. The molecule has 4 atom stereocenters. The molecule has 0 aromatic heterocycles. The van der Waals surface area contributed by atoms with Gasteiger partial charge < -0.3 is 31.1 Å². The zero-order valence-electron chi connectivity index (χ0n) is 17.2. The van der Waals surface area contributed by atoms with Crippen LogP contribution in [0.3, 0.4) is 0 Å². The molecule has 30 heavy (non-hydrogen) atoms. The van der Waals surface area contributed by atoms with Crippen LogP contribution in [0.25, 0.3) is 0 Å². The van der Waals surface area contributed by atoms with Crippen molar-refractivity contribution in [2.24, 2.45) is 5.92 Å². The van der Waals surface area contributed by atoms with Crippen molar-refractivity contribution in [1.29, 1.82) is 0 Å². The summed E-state index contributed by atoms with van der Waals surface area (Å²) in [4.78, 5) is 61.8. The van der Waals surface area contributed by atoms with Crippen molar-refractivity contribution < 1.29 is 34.2 Å². The Kier molecular flexibility index (Phi) is 8.16. The van der Waals surface area contributed by atoms with Crippen LogP contribution in [0.2, 0.25) is 0 Å². The van der Waals surface area contributed by atoms with Gasteiger partial charge in [-0.05, 0) is 38.1 Å². The molecular formula is C19H30N4O7. The number of hydrogen-bond donors (Lipinski definition) is 5. The Morgan fingerprint density at radius 3 is 2.30 bits per heavy atom. The molecule has 5 N–H and O–H groups in total. The summed E-state index contributed by atoms with van der Waals surface area (Å²) in [5, 5.41) is 25.9. The first-order valence-electron chi connectivity index (χ1n) is 10.2. The lowest BCUT2D eigenvalue weighted by atomic mass is 10.0. The van der Waals surface area contributed by atoms with Crippen LogP contribution in [0.4, 0.5) is 0 Å². The van der Waals surface area contributed by atoms with E-state index in [0.29, 0.717) is 19.4 Å². The van der Waals surface area contributed by atoms with Crippen LogP contribution in [0, 0.1) is 5.92 Å². The fraction of sp³-hybridized carbons (Fsp3) is 0.737. The lowest BCUT2D eigenvalue weighted by Gasteiger charge is -2.29. The van der Waals surface area contributed by atoms with Crippen LogP contribution in [0.15, 0.2) is 0 Å². The van der Waals surface area contributed by atoms with E-state index in [2.05, 4.69) is 16.0 Å². The molecule has 0 aliphatic carbocycles. The highest BCUT2D eigenvalue weighted by Gasteiger charge is 2.39. The van der Waals surface area contributed by atoms with E-state index in [1.165, 1.54) is 4.90 Å². The number of carbonyl (C=O) groups excluding carboxylic acids is 3. The Bertz CT molecular complexity index is 690. The Balaban J connectivity index is 2.04. The Morgan fingerprint density at radius 2 is 1.77 bits per heavy atom. The molecule has 0 aromatic carbocycles. The van der Waals surface area contributed by atoms with Gasteiger partial charge in [0.25, 0.3) is 0 Å². The van der Waals surface area contributed by atoms with Crippen molar-refractivity contribution in [2.45, 2.75) is 70.1 Å². The van der Waals surface area contributed by atoms with Crippen molar-refractivity contribution in [2.75, 3.05) is 13.1 Å². The van der Waals surface area contributed by atoms with E-state index in [1.807, 2.05) is 0 Å². The molecule has 4 unspecified atom stereocenters. The van der Waals surface area contributed by atoms with E-state index in [4.69, 9.17) is 10.2 Å². The SMILES string of the molecule is CC(C)C(NC(=O)C1CCCN1C(=O)C1CCCN1)C(=O)NC(CC(=O)O)C(=O)O. The third-order valence-corrected chi connectivity index (χ3v) is 5.44. The highest BCUT2D eigenvalue weighted by molar-refractivity contribution is 5.95. The Hall–Kier alpha value is -2.69. The minimum absolute atomic E-state index is 0.122. The maximum atomic E-state index is 12.9.